The van der Waals surface area contributed by atoms with E-state index >= 15 is 0 Å². The summed E-state index contributed by atoms with van der Waals surface area (Å²) < 4.78 is 15.8. The van der Waals surface area contributed by atoms with Crippen LogP contribution >= 0.6 is 22.7 Å². The number of ether oxygens (including phenoxy) is 3. The Morgan fingerprint density at radius 2 is 1.77 bits per heavy atom. The molecular formula is C18H18N2O4S2. The first-order valence-electron chi connectivity index (χ1n) is 7.69. The van der Waals surface area contributed by atoms with Crippen molar-refractivity contribution in [3.05, 3.63) is 40.1 Å². The van der Waals surface area contributed by atoms with Gasteiger partial charge in [0.2, 0.25) is 5.75 Å². The molecular weight excluding hydrogens is 372 g/mol. The number of hydrogen-bond acceptors (Lipinski definition) is 7. The lowest BCUT2D eigenvalue weighted by Gasteiger charge is -2.13. The first-order chi connectivity index (χ1) is 12.5. The van der Waals surface area contributed by atoms with Gasteiger partial charge in [-0.05, 0) is 31.2 Å². The van der Waals surface area contributed by atoms with Gasteiger partial charge in [0.25, 0.3) is 5.91 Å². The van der Waals surface area contributed by atoms with E-state index in [0.29, 0.717) is 27.9 Å². The number of methoxy groups -OCH3 is 3. The van der Waals surface area contributed by atoms with Gasteiger partial charge in [0.15, 0.2) is 16.6 Å². The normalized spacial score (nSPS) is 10.5. The molecule has 0 aliphatic rings. The molecule has 1 N–H and O–H groups in total. The minimum Gasteiger partial charge on any atom is -0.493 e. The van der Waals surface area contributed by atoms with Gasteiger partial charge in [-0.3, -0.25) is 10.1 Å². The molecule has 2 aromatic heterocycles. The topological polar surface area (TPSA) is 69.7 Å². The van der Waals surface area contributed by atoms with Crippen LogP contribution in [0.2, 0.25) is 0 Å². The lowest BCUT2D eigenvalue weighted by molar-refractivity contribution is 0.102. The van der Waals surface area contributed by atoms with Crippen LogP contribution in [-0.2, 0) is 0 Å². The van der Waals surface area contributed by atoms with E-state index < -0.39 is 0 Å². The van der Waals surface area contributed by atoms with Gasteiger partial charge in [0.1, 0.15) is 0 Å². The van der Waals surface area contributed by atoms with Crippen molar-refractivity contribution in [2.45, 2.75) is 6.92 Å². The fourth-order valence-electron chi connectivity index (χ4n) is 2.40. The van der Waals surface area contributed by atoms with Crippen LogP contribution in [0.3, 0.4) is 0 Å². The molecule has 3 rings (SSSR count). The van der Waals surface area contributed by atoms with Crippen molar-refractivity contribution in [2.75, 3.05) is 26.6 Å². The van der Waals surface area contributed by atoms with Crippen LogP contribution < -0.4 is 19.5 Å². The highest BCUT2D eigenvalue weighted by atomic mass is 32.1. The Labute approximate surface area is 159 Å². The third-order valence-electron chi connectivity index (χ3n) is 3.64. The number of nitrogens with one attached hydrogen (secondary N) is 1. The third-order valence-corrected chi connectivity index (χ3v) is 5.43. The van der Waals surface area contributed by atoms with Crippen molar-refractivity contribution >= 4 is 33.7 Å². The van der Waals surface area contributed by atoms with Crippen LogP contribution in [0, 0.1) is 6.92 Å². The quantitative estimate of drug-likeness (QED) is 0.673. The maximum Gasteiger partial charge on any atom is 0.257 e. The van der Waals surface area contributed by atoms with Crippen LogP contribution in [0.15, 0.2) is 29.6 Å². The van der Waals surface area contributed by atoms with Gasteiger partial charge < -0.3 is 14.2 Å². The molecule has 0 aliphatic carbocycles. The number of nitrogens with zero attached hydrogens (tertiary/aromatic N) is 1. The van der Waals surface area contributed by atoms with Gasteiger partial charge in [-0.25, -0.2) is 4.98 Å². The van der Waals surface area contributed by atoms with Gasteiger partial charge in [0, 0.05) is 15.8 Å². The minimum absolute atomic E-state index is 0.299. The Balaban J connectivity index is 1.83. The maximum atomic E-state index is 12.6. The summed E-state index contributed by atoms with van der Waals surface area (Å²) in [4.78, 5) is 19.4. The second-order valence-corrected chi connectivity index (χ2v) is 7.46. The Morgan fingerprint density at radius 3 is 2.31 bits per heavy atom. The highest BCUT2D eigenvalue weighted by molar-refractivity contribution is 7.17. The van der Waals surface area contributed by atoms with E-state index in [1.807, 2.05) is 24.4 Å². The zero-order valence-electron chi connectivity index (χ0n) is 14.8. The highest BCUT2D eigenvalue weighted by Crippen LogP contribution is 2.38. The first kappa shape index (κ1) is 18.2. The molecule has 0 saturated carbocycles. The number of anilines is 1. The van der Waals surface area contributed by atoms with E-state index in [1.54, 1.807) is 23.5 Å². The number of thiophene rings is 1. The summed E-state index contributed by atoms with van der Waals surface area (Å²) in [5, 5.41) is 5.28. The molecule has 1 aromatic carbocycles. The molecule has 0 fully saturated rings. The Hall–Kier alpha value is -2.58. The number of aryl methyl sites for hydroxylation is 1. The van der Waals surface area contributed by atoms with Crippen LogP contribution in [0.4, 0.5) is 5.13 Å². The van der Waals surface area contributed by atoms with Crippen LogP contribution in [0.25, 0.3) is 10.6 Å². The fraction of sp³-hybridized carbons (Fsp3) is 0.222. The van der Waals surface area contributed by atoms with Gasteiger partial charge in [-0.1, -0.05) is 0 Å². The van der Waals surface area contributed by atoms with Crippen LogP contribution in [0.1, 0.15) is 15.2 Å². The molecule has 6 nitrogen and oxygen atoms in total. The van der Waals surface area contributed by atoms with Crippen molar-refractivity contribution in [1.82, 2.24) is 4.98 Å². The molecule has 0 bridgehead atoms. The number of aromatic nitrogens is 1. The maximum absolute atomic E-state index is 12.6. The van der Waals surface area contributed by atoms with Crippen molar-refractivity contribution < 1.29 is 19.0 Å². The number of carbonyl (C=O) groups is 1. The van der Waals surface area contributed by atoms with E-state index in [0.717, 1.165) is 10.6 Å². The minimum atomic E-state index is -0.299. The Morgan fingerprint density at radius 1 is 1.08 bits per heavy atom. The van der Waals surface area contributed by atoms with Crippen LogP contribution in [0.5, 0.6) is 17.2 Å². The molecule has 0 aliphatic heterocycles. The van der Waals surface area contributed by atoms with Crippen molar-refractivity contribution in [3.8, 4) is 27.8 Å². The molecule has 0 spiro atoms. The third kappa shape index (κ3) is 3.66. The monoisotopic (exact) mass is 390 g/mol. The van der Waals surface area contributed by atoms with E-state index in [1.165, 1.54) is 37.5 Å². The van der Waals surface area contributed by atoms with E-state index in [4.69, 9.17) is 14.2 Å². The number of rotatable bonds is 6. The molecule has 2 heterocycles. The molecule has 136 valence electrons. The number of amides is 1. The zero-order valence-corrected chi connectivity index (χ0v) is 16.4. The largest absolute Gasteiger partial charge is 0.493 e. The second kappa shape index (κ2) is 7.76. The molecule has 0 saturated heterocycles. The summed E-state index contributed by atoms with van der Waals surface area (Å²) in [5.41, 5.74) is 1.25. The van der Waals surface area contributed by atoms with E-state index in [9.17, 15) is 4.79 Å². The molecule has 26 heavy (non-hydrogen) atoms. The van der Waals surface area contributed by atoms with Gasteiger partial charge in [-0.15, -0.1) is 22.7 Å². The lowest BCUT2D eigenvalue weighted by atomic mass is 10.1. The first-order valence-corrected chi connectivity index (χ1v) is 9.39. The molecule has 0 atom stereocenters. The summed E-state index contributed by atoms with van der Waals surface area (Å²) in [5.74, 6) is 0.987. The summed E-state index contributed by atoms with van der Waals surface area (Å²) >= 11 is 3.05. The van der Waals surface area contributed by atoms with Crippen molar-refractivity contribution in [1.29, 1.82) is 0 Å². The number of benzene rings is 1. The number of carbonyl (C=O) groups excluding carboxylic acids is 1. The predicted molar refractivity (Wildman–Crippen MR) is 104 cm³/mol. The Kier molecular flexibility index (Phi) is 5.43. The average molecular weight is 390 g/mol. The fourth-order valence-corrected chi connectivity index (χ4v) is 4.01. The van der Waals surface area contributed by atoms with Crippen molar-refractivity contribution in [2.24, 2.45) is 0 Å². The molecule has 0 radical (unpaired) electrons. The number of thiazole rings is 1. The molecule has 1 amide bonds. The SMILES string of the molecule is COc1cc(C(=O)Nc2nc(-c3ccc(C)s3)cs2)cc(OC)c1OC. The number of hydrogen-bond donors (Lipinski definition) is 1. The smallest absolute Gasteiger partial charge is 0.257 e. The highest BCUT2D eigenvalue weighted by Gasteiger charge is 2.18. The molecule has 0 unspecified atom stereocenters. The summed E-state index contributed by atoms with van der Waals surface area (Å²) in [6.07, 6.45) is 0. The summed E-state index contributed by atoms with van der Waals surface area (Å²) in [7, 11) is 4.54. The van der Waals surface area contributed by atoms with Crippen LogP contribution in [-0.4, -0.2) is 32.2 Å². The van der Waals surface area contributed by atoms with Gasteiger partial charge in [0.05, 0.1) is 31.9 Å². The summed E-state index contributed by atoms with van der Waals surface area (Å²) in [6.45, 7) is 2.05. The lowest BCUT2D eigenvalue weighted by Crippen LogP contribution is -2.12. The summed E-state index contributed by atoms with van der Waals surface area (Å²) in [6, 6.07) is 7.29. The standard InChI is InChI=1S/C18H18N2O4S2/c1-10-5-6-15(26-10)12-9-25-18(19-12)20-17(21)11-7-13(22-2)16(24-4)14(8-11)23-3/h5-9H,1-4H3,(H,19,20,21). The van der Waals surface area contributed by atoms with Crippen molar-refractivity contribution in [3.63, 3.8) is 0 Å². The zero-order chi connectivity index (χ0) is 18.7. The second-order valence-electron chi connectivity index (χ2n) is 5.32. The Bertz CT molecular complexity index is 908. The predicted octanol–water partition coefficient (Wildman–Crippen LogP) is 4.46. The average Bonchev–Trinajstić information content (AvgIpc) is 3.29. The van der Waals surface area contributed by atoms with E-state index in [2.05, 4.69) is 10.3 Å². The van der Waals surface area contributed by atoms with Gasteiger partial charge >= 0.3 is 0 Å². The molecule has 8 heteroatoms. The molecule has 3 aromatic rings. The van der Waals surface area contributed by atoms with E-state index in [-0.39, 0.29) is 5.91 Å². The van der Waals surface area contributed by atoms with Gasteiger partial charge in [-0.2, -0.15) is 0 Å².